The lowest BCUT2D eigenvalue weighted by Gasteiger charge is -2.23. The Labute approximate surface area is 161 Å². The minimum Gasteiger partial charge on any atom is -0.493 e. The van der Waals surface area contributed by atoms with E-state index in [-0.39, 0.29) is 18.6 Å². The topological polar surface area (TPSA) is 55.2 Å². The molecule has 0 unspecified atom stereocenters. The second kappa shape index (κ2) is 9.83. The van der Waals surface area contributed by atoms with E-state index in [0.29, 0.717) is 18.0 Å². The number of nitrogens with zero attached hydrogens (tertiary/aromatic N) is 1. The average Bonchev–Trinajstić information content (AvgIpc) is 2.66. The number of likely N-dealkylation sites (N-methyl/N-ethyl adjacent to an activating group) is 1. The van der Waals surface area contributed by atoms with Crippen LogP contribution in [-0.2, 0) is 4.79 Å². The van der Waals surface area contributed by atoms with E-state index < -0.39 is 0 Å². The zero-order valence-corrected chi connectivity index (χ0v) is 16.8. The summed E-state index contributed by atoms with van der Waals surface area (Å²) in [6.07, 6.45) is 0. The Morgan fingerprint density at radius 3 is 2.26 bits per heavy atom. The molecule has 2 aromatic rings. The molecule has 146 valence electrons. The van der Waals surface area contributed by atoms with Crippen LogP contribution >= 0.6 is 0 Å². The first-order chi connectivity index (χ1) is 12.9. The molecule has 0 heterocycles. The van der Waals surface area contributed by atoms with Crippen molar-refractivity contribution in [2.45, 2.75) is 6.04 Å². The predicted molar refractivity (Wildman–Crippen MR) is 108 cm³/mol. The molecule has 0 spiro atoms. The first-order valence-electron chi connectivity index (χ1n) is 9.02. The molecule has 1 atom stereocenters. The summed E-state index contributed by atoms with van der Waals surface area (Å²) in [5, 5.41) is 2.97. The molecule has 2 N–H and O–H groups in total. The summed E-state index contributed by atoms with van der Waals surface area (Å²) >= 11 is 0. The Morgan fingerprint density at radius 2 is 1.70 bits per heavy atom. The van der Waals surface area contributed by atoms with Crippen molar-refractivity contribution in [3.05, 3.63) is 54.1 Å². The number of carbonyl (C=O) groups is 1. The van der Waals surface area contributed by atoms with E-state index >= 15 is 0 Å². The molecule has 6 nitrogen and oxygen atoms in total. The Kier molecular flexibility index (Phi) is 7.49. The third-order valence-electron chi connectivity index (χ3n) is 4.44. The molecule has 0 aromatic heterocycles. The second-order valence-electron chi connectivity index (χ2n) is 6.86. The van der Waals surface area contributed by atoms with Gasteiger partial charge in [-0.1, -0.05) is 24.3 Å². The van der Waals surface area contributed by atoms with Crippen molar-refractivity contribution in [2.24, 2.45) is 0 Å². The van der Waals surface area contributed by atoms with E-state index in [1.54, 1.807) is 19.2 Å². The number of nitrogens with one attached hydrogen (secondary N) is 2. The van der Waals surface area contributed by atoms with Crippen molar-refractivity contribution in [2.75, 3.05) is 53.4 Å². The first-order valence-corrected chi connectivity index (χ1v) is 9.02. The monoisotopic (exact) mass is 372 g/mol. The van der Waals surface area contributed by atoms with Crippen LogP contribution in [0.15, 0.2) is 48.5 Å². The molecule has 2 aromatic carbocycles. The van der Waals surface area contributed by atoms with Crippen LogP contribution in [-0.4, -0.2) is 54.4 Å². The number of hydrogen-bond acceptors (Lipinski definition) is 4. The highest BCUT2D eigenvalue weighted by molar-refractivity contribution is 5.77. The van der Waals surface area contributed by atoms with Gasteiger partial charge in [0.25, 0.3) is 5.91 Å². The van der Waals surface area contributed by atoms with E-state index in [9.17, 15) is 4.79 Å². The molecule has 27 heavy (non-hydrogen) atoms. The van der Waals surface area contributed by atoms with Gasteiger partial charge in [0, 0.05) is 25.3 Å². The SMILES string of the molecule is COc1ccccc1OCC(=O)NC[C@H](c1ccc(N(C)C)cc1)[NH+](C)C. The van der Waals surface area contributed by atoms with Gasteiger partial charge in [-0.2, -0.15) is 0 Å². The fourth-order valence-electron chi connectivity index (χ4n) is 2.81. The molecule has 0 aliphatic rings. The van der Waals surface area contributed by atoms with Gasteiger partial charge in [-0.15, -0.1) is 0 Å². The maximum atomic E-state index is 12.2. The van der Waals surface area contributed by atoms with E-state index in [1.807, 2.05) is 26.2 Å². The number of para-hydroxylation sites is 2. The summed E-state index contributed by atoms with van der Waals surface area (Å²) in [6, 6.07) is 15.9. The molecule has 0 aliphatic heterocycles. The number of carbonyl (C=O) groups excluding carboxylic acids is 1. The van der Waals surface area contributed by atoms with Crippen molar-refractivity contribution in [1.82, 2.24) is 5.32 Å². The standard InChI is InChI=1S/C21H29N3O3/c1-23(2)17-12-10-16(11-13-17)18(24(3)4)14-22-21(25)15-27-20-9-7-6-8-19(20)26-5/h6-13,18H,14-15H2,1-5H3,(H,22,25)/p+1/t18-/m1/s1. The van der Waals surface area contributed by atoms with Gasteiger partial charge < -0.3 is 24.6 Å². The van der Waals surface area contributed by atoms with Gasteiger partial charge in [-0.25, -0.2) is 0 Å². The Balaban J connectivity index is 1.92. The predicted octanol–water partition coefficient (Wildman–Crippen LogP) is 1.14. The van der Waals surface area contributed by atoms with E-state index in [4.69, 9.17) is 9.47 Å². The van der Waals surface area contributed by atoms with Crippen molar-refractivity contribution in [3.63, 3.8) is 0 Å². The van der Waals surface area contributed by atoms with Gasteiger partial charge in [0.05, 0.1) is 27.7 Å². The van der Waals surface area contributed by atoms with Crippen molar-refractivity contribution in [1.29, 1.82) is 0 Å². The minimum absolute atomic E-state index is 0.0462. The zero-order valence-electron chi connectivity index (χ0n) is 16.8. The highest BCUT2D eigenvalue weighted by Gasteiger charge is 2.19. The second-order valence-corrected chi connectivity index (χ2v) is 6.86. The maximum absolute atomic E-state index is 12.2. The molecule has 1 amide bonds. The zero-order chi connectivity index (χ0) is 19.8. The van der Waals surface area contributed by atoms with Crippen LogP contribution in [0.1, 0.15) is 11.6 Å². The summed E-state index contributed by atoms with van der Waals surface area (Å²) in [6.45, 7) is 0.493. The average molecular weight is 372 g/mol. The van der Waals surface area contributed by atoms with Crippen LogP contribution in [0.2, 0.25) is 0 Å². The van der Waals surface area contributed by atoms with Gasteiger partial charge in [-0.3, -0.25) is 4.79 Å². The van der Waals surface area contributed by atoms with E-state index in [2.05, 4.69) is 48.6 Å². The number of methoxy groups -OCH3 is 1. The van der Waals surface area contributed by atoms with Gasteiger partial charge in [-0.05, 0) is 24.3 Å². The Hall–Kier alpha value is -2.73. The van der Waals surface area contributed by atoms with Crippen LogP contribution in [0.4, 0.5) is 5.69 Å². The fourth-order valence-corrected chi connectivity index (χ4v) is 2.81. The Morgan fingerprint density at radius 1 is 1.07 bits per heavy atom. The Bertz CT molecular complexity index is 730. The highest BCUT2D eigenvalue weighted by Crippen LogP contribution is 2.25. The normalized spacial score (nSPS) is 11.8. The van der Waals surface area contributed by atoms with Crippen molar-refractivity contribution in [3.8, 4) is 11.5 Å². The number of quaternary nitrogens is 1. The molecule has 0 bridgehead atoms. The summed E-state index contributed by atoms with van der Waals surface area (Å²) in [5.41, 5.74) is 2.34. The number of anilines is 1. The maximum Gasteiger partial charge on any atom is 0.258 e. The molecule has 0 saturated heterocycles. The number of ether oxygens (including phenoxy) is 2. The molecule has 0 aliphatic carbocycles. The van der Waals surface area contributed by atoms with Gasteiger partial charge in [0.2, 0.25) is 0 Å². The van der Waals surface area contributed by atoms with Gasteiger partial charge in [0.1, 0.15) is 6.04 Å². The van der Waals surface area contributed by atoms with Crippen molar-refractivity contribution < 1.29 is 19.2 Å². The summed E-state index contributed by atoms with van der Waals surface area (Å²) in [4.78, 5) is 15.5. The van der Waals surface area contributed by atoms with E-state index in [0.717, 1.165) is 5.69 Å². The lowest BCUT2D eigenvalue weighted by atomic mass is 10.1. The summed E-state index contributed by atoms with van der Waals surface area (Å²) in [5.74, 6) is 1.02. The number of hydrogen-bond donors (Lipinski definition) is 2. The number of rotatable bonds is 9. The van der Waals surface area contributed by atoms with Crippen LogP contribution in [0.25, 0.3) is 0 Å². The minimum atomic E-state index is -0.155. The van der Waals surface area contributed by atoms with Crippen LogP contribution in [0.5, 0.6) is 11.5 Å². The highest BCUT2D eigenvalue weighted by atomic mass is 16.5. The van der Waals surface area contributed by atoms with Crippen LogP contribution in [0, 0.1) is 0 Å². The molecule has 6 heteroatoms. The van der Waals surface area contributed by atoms with Gasteiger partial charge in [0.15, 0.2) is 18.1 Å². The first kappa shape index (κ1) is 20.6. The smallest absolute Gasteiger partial charge is 0.258 e. The lowest BCUT2D eigenvalue weighted by molar-refractivity contribution is -0.890. The fraction of sp³-hybridized carbons (Fsp3) is 0.381. The molecule has 0 radical (unpaired) electrons. The van der Waals surface area contributed by atoms with E-state index in [1.165, 1.54) is 10.5 Å². The van der Waals surface area contributed by atoms with Crippen molar-refractivity contribution >= 4 is 11.6 Å². The molecular weight excluding hydrogens is 342 g/mol. The quantitative estimate of drug-likeness (QED) is 0.693. The van der Waals surface area contributed by atoms with Gasteiger partial charge >= 0.3 is 0 Å². The lowest BCUT2D eigenvalue weighted by Crippen LogP contribution is -3.07. The molecule has 0 saturated carbocycles. The van der Waals surface area contributed by atoms with Crippen LogP contribution in [0.3, 0.4) is 0 Å². The number of amides is 1. The largest absolute Gasteiger partial charge is 0.493 e. The molecule has 2 rings (SSSR count). The number of benzene rings is 2. The summed E-state index contributed by atoms with van der Waals surface area (Å²) < 4.78 is 10.8. The third kappa shape index (κ3) is 5.89. The summed E-state index contributed by atoms with van der Waals surface area (Å²) in [7, 11) is 9.79. The molecular formula is C21H30N3O3+. The molecule has 0 fully saturated rings. The third-order valence-corrected chi connectivity index (χ3v) is 4.44. The van der Waals surface area contributed by atoms with Crippen LogP contribution < -0.4 is 24.6 Å².